The van der Waals surface area contributed by atoms with Gasteiger partial charge in [-0.3, -0.25) is 0 Å². The predicted molar refractivity (Wildman–Crippen MR) is 131 cm³/mol. The maximum absolute atomic E-state index is 12.9. The SMILES string of the molecule is CCCCCCCCc1ccccc1OCOC(=O)C(CC)[N+](C)(C)Cc1ccccc1. The largest absolute Gasteiger partial charge is 0.457 e. The molecule has 0 aliphatic carbocycles. The summed E-state index contributed by atoms with van der Waals surface area (Å²) >= 11 is 0. The lowest BCUT2D eigenvalue weighted by molar-refractivity contribution is -0.919. The summed E-state index contributed by atoms with van der Waals surface area (Å²) in [6.45, 7) is 5.00. The number of rotatable bonds is 15. The molecule has 0 spiro atoms. The van der Waals surface area contributed by atoms with Crippen LogP contribution in [0.4, 0.5) is 0 Å². The highest BCUT2D eigenvalue weighted by Crippen LogP contribution is 2.22. The Kier molecular flexibility index (Phi) is 11.3. The number of hydrogen-bond acceptors (Lipinski definition) is 3. The van der Waals surface area contributed by atoms with Crippen LogP contribution in [0.3, 0.4) is 0 Å². The van der Waals surface area contributed by atoms with Crippen molar-refractivity contribution in [2.45, 2.75) is 77.8 Å². The fourth-order valence-corrected chi connectivity index (χ4v) is 4.30. The number of likely N-dealkylation sites (N-methyl/N-ethyl adjacent to an activating group) is 1. The molecule has 1 atom stereocenters. The molecule has 0 aromatic heterocycles. The van der Waals surface area contributed by atoms with E-state index in [2.05, 4.69) is 39.2 Å². The van der Waals surface area contributed by atoms with Crippen molar-refractivity contribution in [3.05, 3.63) is 65.7 Å². The van der Waals surface area contributed by atoms with Crippen molar-refractivity contribution in [1.29, 1.82) is 0 Å². The number of para-hydroxylation sites is 1. The molecule has 2 aromatic carbocycles. The summed E-state index contributed by atoms with van der Waals surface area (Å²) in [7, 11) is 4.16. The predicted octanol–water partition coefficient (Wildman–Crippen LogP) is 6.52. The van der Waals surface area contributed by atoms with Crippen molar-refractivity contribution >= 4 is 5.97 Å². The van der Waals surface area contributed by atoms with Gasteiger partial charge in [-0.05, 0) is 24.5 Å². The van der Waals surface area contributed by atoms with E-state index >= 15 is 0 Å². The van der Waals surface area contributed by atoms with Gasteiger partial charge >= 0.3 is 5.97 Å². The number of ether oxygens (including phenoxy) is 2. The summed E-state index contributed by atoms with van der Waals surface area (Å²) in [5, 5.41) is 0. The molecule has 0 heterocycles. The first-order valence-electron chi connectivity index (χ1n) is 12.2. The van der Waals surface area contributed by atoms with E-state index < -0.39 is 0 Å². The first-order valence-corrected chi connectivity index (χ1v) is 12.2. The van der Waals surface area contributed by atoms with Crippen molar-refractivity contribution in [3.8, 4) is 5.75 Å². The molecule has 4 nitrogen and oxygen atoms in total. The highest BCUT2D eigenvalue weighted by atomic mass is 16.7. The van der Waals surface area contributed by atoms with Gasteiger partial charge in [0.05, 0.1) is 14.1 Å². The maximum atomic E-state index is 12.9. The Bertz CT molecular complexity index is 788. The van der Waals surface area contributed by atoms with Gasteiger partial charge in [-0.2, -0.15) is 0 Å². The summed E-state index contributed by atoms with van der Waals surface area (Å²) in [5.74, 6) is 0.613. The van der Waals surface area contributed by atoms with Gasteiger partial charge in [0, 0.05) is 12.0 Å². The lowest BCUT2D eigenvalue weighted by Crippen LogP contribution is -2.52. The van der Waals surface area contributed by atoms with Crippen molar-refractivity contribution in [2.75, 3.05) is 20.9 Å². The second-order valence-corrected chi connectivity index (χ2v) is 9.20. The average Bonchev–Trinajstić information content (AvgIpc) is 2.77. The minimum Gasteiger partial charge on any atom is -0.457 e. The molecule has 0 aliphatic rings. The second kappa shape index (κ2) is 13.9. The number of hydrogen-bond donors (Lipinski definition) is 0. The van der Waals surface area contributed by atoms with Crippen LogP contribution < -0.4 is 4.74 Å². The third-order valence-electron chi connectivity index (χ3n) is 6.12. The molecule has 0 saturated carbocycles. The van der Waals surface area contributed by atoms with Crippen LogP contribution in [-0.2, 0) is 22.5 Å². The van der Waals surface area contributed by atoms with E-state index in [4.69, 9.17) is 9.47 Å². The van der Waals surface area contributed by atoms with E-state index in [9.17, 15) is 4.79 Å². The Morgan fingerprint density at radius 2 is 1.53 bits per heavy atom. The molecule has 0 N–H and O–H groups in total. The lowest BCUT2D eigenvalue weighted by atomic mass is 10.0. The molecule has 2 aromatic rings. The maximum Gasteiger partial charge on any atom is 0.367 e. The van der Waals surface area contributed by atoms with E-state index in [1.807, 2.05) is 43.3 Å². The van der Waals surface area contributed by atoms with Crippen molar-refractivity contribution in [2.24, 2.45) is 0 Å². The Hall–Kier alpha value is -2.33. The number of aryl methyl sites for hydroxylation is 1. The molecule has 0 saturated heterocycles. The molecule has 0 fully saturated rings. The van der Waals surface area contributed by atoms with E-state index in [-0.39, 0.29) is 18.8 Å². The molecule has 0 amide bonds. The van der Waals surface area contributed by atoms with Crippen LogP contribution in [0.1, 0.15) is 69.9 Å². The zero-order chi connectivity index (χ0) is 23.2. The van der Waals surface area contributed by atoms with Gasteiger partial charge in [-0.15, -0.1) is 0 Å². The third-order valence-corrected chi connectivity index (χ3v) is 6.12. The Morgan fingerprint density at radius 3 is 2.25 bits per heavy atom. The van der Waals surface area contributed by atoms with Crippen LogP contribution in [0.25, 0.3) is 0 Å². The highest BCUT2D eigenvalue weighted by molar-refractivity contribution is 5.74. The van der Waals surface area contributed by atoms with E-state index in [1.165, 1.54) is 43.2 Å². The molecule has 32 heavy (non-hydrogen) atoms. The number of esters is 1. The van der Waals surface area contributed by atoms with Crippen molar-refractivity contribution in [1.82, 2.24) is 0 Å². The van der Waals surface area contributed by atoms with E-state index in [0.29, 0.717) is 10.9 Å². The van der Waals surface area contributed by atoms with Crippen LogP contribution in [0.2, 0.25) is 0 Å². The van der Waals surface area contributed by atoms with Crippen LogP contribution >= 0.6 is 0 Å². The average molecular weight is 441 g/mol. The first-order chi connectivity index (χ1) is 15.5. The molecule has 0 aliphatic heterocycles. The lowest BCUT2D eigenvalue weighted by Gasteiger charge is -2.36. The zero-order valence-electron chi connectivity index (χ0n) is 20.5. The monoisotopic (exact) mass is 440 g/mol. The Morgan fingerprint density at radius 1 is 0.875 bits per heavy atom. The van der Waals surface area contributed by atoms with Gasteiger partial charge in [0.25, 0.3) is 0 Å². The smallest absolute Gasteiger partial charge is 0.367 e. The first kappa shape index (κ1) is 25.9. The summed E-state index contributed by atoms with van der Waals surface area (Å²) in [6, 6.07) is 18.1. The quantitative estimate of drug-likeness (QED) is 0.137. The van der Waals surface area contributed by atoms with Gasteiger partial charge in [0.15, 0.2) is 6.04 Å². The molecule has 176 valence electrons. The molecular weight excluding hydrogens is 398 g/mol. The van der Waals surface area contributed by atoms with E-state index in [0.717, 1.165) is 25.1 Å². The Labute approximate surface area is 195 Å². The van der Waals surface area contributed by atoms with Gasteiger partial charge in [-0.25, -0.2) is 4.79 Å². The van der Waals surface area contributed by atoms with Gasteiger partial charge < -0.3 is 14.0 Å². The number of unbranched alkanes of at least 4 members (excludes halogenated alkanes) is 5. The third kappa shape index (κ3) is 8.66. The molecule has 2 rings (SSSR count). The normalized spacial score (nSPS) is 12.4. The molecule has 4 heteroatoms. The van der Waals surface area contributed by atoms with Crippen LogP contribution in [-0.4, -0.2) is 37.4 Å². The number of quaternary nitrogens is 1. The summed E-state index contributed by atoms with van der Waals surface area (Å²) in [6.07, 6.45) is 9.33. The van der Waals surface area contributed by atoms with Crippen molar-refractivity contribution < 1.29 is 18.8 Å². The fourth-order valence-electron chi connectivity index (χ4n) is 4.30. The van der Waals surface area contributed by atoms with Gasteiger partial charge in [0.2, 0.25) is 6.79 Å². The summed E-state index contributed by atoms with van der Waals surface area (Å²) in [4.78, 5) is 12.9. The number of benzene rings is 2. The van der Waals surface area contributed by atoms with Gasteiger partial charge in [-0.1, -0.05) is 94.5 Å². The van der Waals surface area contributed by atoms with Crippen LogP contribution in [0, 0.1) is 0 Å². The fraction of sp³-hybridized carbons (Fsp3) is 0.536. The molecule has 0 bridgehead atoms. The topological polar surface area (TPSA) is 35.5 Å². The van der Waals surface area contributed by atoms with Crippen LogP contribution in [0.15, 0.2) is 54.6 Å². The summed E-state index contributed by atoms with van der Waals surface area (Å²) < 4.78 is 12.0. The van der Waals surface area contributed by atoms with Crippen molar-refractivity contribution in [3.63, 3.8) is 0 Å². The van der Waals surface area contributed by atoms with Gasteiger partial charge in [0.1, 0.15) is 12.3 Å². The molecule has 0 radical (unpaired) electrons. The second-order valence-electron chi connectivity index (χ2n) is 9.20. The highest BCUT2D eigenvalue weighted by Gasteiger charge is 2.35. The van der Waals surface area contributed by atoms with E-state index in [1.54, 1.807) is 0 Å². The summed E-state index contributed by atoms with van der Waals surface area (Å²) in [5.41, 5.74) is 2.40. The standard InChI is InChI=1S/C28H42NO3/c1-5-7-8-9-10-14-19-25-20-15-16-21-27(25)31-23-32-28(30)26(6-2)29(3,4)22-24-17-12-11-13-18-24/h11-13,15-18,20-21,26H,5-10,14,19,22-23H2,1-4H3/q+1. The zero-order valence-corrected chi connectivity index (χ0v) is 20.5. The van der Waals surface area contributed by atoms with Crippen LogP contribution in [0.5, 0.6) is 5.75 Å². The molecular formula is C28H42NO3+. The minimum atomic E-state index is -0.239. The number of carbonyl (C=O) groups excluding carboxylic acids is 1. The minimum absolute atomic E-state index is 0.0474. The molecule has 1 unspecified atom stereocenters. The number of carbonyl (C=O) groups is 1. The number of nitrogens with zero attached hydrogens (tertiary/aromatic N) is 1. The Balaban J connectivity index is 1.84.